The van der Waals surface area contributed by atoms with Crippen molar-refractivity contribution in [2.24, 2.45) is 11.7 Å². The van der Waals surface area contributed by atoms with Gasteiger partial charge in [0.15, 0.2) is 0 Å². The highest BCUT2D eigenvalue weighted by molar-refractivity contribution is 5.93. The fourth-order valence-corrected chi connectivity index (χ4v) is 4.03. The molecule has 1 saturated carbocycles. The number of amides is 2. The van der Waals surface area contributed by atoms with Gasteiger partial charge in [-0.2, -0.15) is 5.10 Å². The normalized spacial score (nSPS) is 22.0. The van der Waals surface area contributed by atoms with Crippen molar-refractivity contribution in [1.29, 1.82) is 0 Å². The van der Waals surface area contributed by atoms with E-state index in [2.05, 4.69) is 10.4 Å². The zero-order valence-electron chi connectivity index (χ0n) is 16.1. The predicted octanol–water partition coefficient (Wildman–Crippen LogP) is 1.95. The van der Waals surface area contributed by atoms with Crippen LogP contribution in [0, 0.1) is 5.92 Å². The van der Waals surface area contributed by atoms with Gasteiger partial charge in [-0.25, -0.2) is 0 Å². The van der Waals surface area contributed by atoms with Crippen molar-refractivity contribution in [2.45, 2.75) is 70.5 Å². The Labute approximate surface area is 167 Å². The number of halogens is 1. The molecule has 7 nitrogen and oxygen atoms in total. The Balaban J connectivity index is 0.00000261. The van der Waals surface area contributed by atoms with Crippen LogP contribution in [0.5, 0.6) is 0 Å². The lowest BCUT2D eigenvalue weighted by Crippen LogP contribution is -2.45. The van der Waals surface area contributed by atoms with Crippen LogP contribution in [-0.2, 0) is 11.3 Å². The van der Waals surface area contributed by atoms with E-state index in [1.807, 2.05) is 11.8 Å². The minimum Gasteiger partial charge on any atom is -0.352 e. The van der Waals surface area contributed by atoms with Gasteiger partial charge < -0.3 is 16.0 Å². The molecule has 2 aliphatic rings. The van der Waals surface area contributed by atoms with E-state index >= 15 is 0 Å². The topological polar surface area (TPSA) is 93.2 Å². The number of aromatic nitrogens is 2. The Hall–Kier alpha value is -1.60. The first kappa shape index (κ1) is 21.7. The van der Waals surface area contributed by atoms with E-state index in [0.29, 0.717) is 18.0 Å². The van der Waals surface area contributed by atoms with Crippen LogP contribution in [0.3, 0.4) is 0 Å². The number of carbonyl (C=O) groups is 2. The van der Waals surface area contributed by atoms with Crippen molar-refractivity contribution >= 4 is 24.2 Å². The zero-order valence-corrected chi connectivity index (χ0v) is 16.9. The van der Waals surface area contributed by atoms with Gasteiger partial charge in [0.25, 0.3) is 5.91 Å². The Morgan fingerprint density at radius 3 is 2.70 bits per heavy atom. The van der Waals surface area contributed by atoms with E-state index in [0.717, 1.165) is 32.2 Å². The number of piperidine rings is 1. The van der Waals surface area contributed by atoms with Gasteiger partial charge in [-0.3, -0.25) is 14.3 Å². The molecule has 0 bridgehead atoms. The van der Waals surface area contributed by atoms with Gasteiger partial charge in [0.05, 0.1) is 11.8 Å². The van der Waals surface area contributed by atoms with Crippen LogP contribution in [0.2, 0.25) is 0 Å². The largest absolute Gasteiger partial charge is 0.352 e. The van der Waals surface area contributed by atoms with Gasteiger partial charge in [-0.1, -0.05) is 19.3 Å². The Morgan fingerprint density at radius 2 is 2.00 bits per heavy atom. The number of nitrogens with zero attached hydrogens (tertiary/aromatic N) is 3. The Kier molecular flexibility index (Phi) is 8.10. The van der Waals surface area contributed by atoms with E-state index in [-0.39, 0.29) is 42.8 Å². The van der Waals surface area contributed by atoms with Crippen molar-refractivity contribution in [3.8, 4) is 0 Å². The van der Waals surface area contributed by atoms with E-state index in [4.69, 9.17) is 5.73 Å². The first-order valence-electron chi connectivity index (χ1n) is 9.89. The van der Waals surface area contributed by atoms with Crippen LogP contribution in [0.1, 0.15) is 62.2 Å². The molecular weight excluding hydrogens is 366 g/mol. The second-order valence-electron chi connectivity index (χ2n) is 7.84. The summed E-state index contributed by atoms with van der Waals surface area (Å²) >= 11 is 0. The quantitative estimate of drug-likeness (QED) is 0.794. The summed E-state index contributed by atoms with van der Waals surface area (Å²) in [6.07, 6.45) is 11.0. The van der Waals surface area contributed by atoms with Gasteiger partial charge in [0.2, 0.25) is 5.91 Å². The Morgan fingerprint density at radius 1 is 1.26 bits per heavy atom. The molecule has 2 amide bonds. The first-order valence-corrected chi connectivity index (χ1v) is 9.89. The maximum atomic E-state index is 12.7. The highest BCUT2D eigenvalue weighted by Gasteiger charge is 2.27. The number of likely N-dealkylation sites (tertiary alicyclic amines) is 1. The average Bonchev–Trinajstić information content (AvgIpc) is 3.10. The number of nitrogens with one attached hydrogen (secondary N) is 1. The minimum absolute atomic E-state index is 0. The third-order valence-electron chi connectivity index (χ3n) is 5.64. The summed E-state index contributed by atoms with van der Waals surface area (Å²) in [5.74, 6) is 0.298. The van der Waals surface area contributed by atoms with E-state index in [9.17, 15) is 9.59 Å². The van der Waals surface area contributed by atoms with E-state index in [1.165, 1.54) is 19.3 Å². The molecule has 0 radical (unpaired) electrons. The van der Waals surface area contributed by atoms with Gasteiger partial charge in [-0.15, -0.1) is 12.4 Å². The molecule has 1 aromatic heterocycles. The van der Waals surface area contributed by atoms with Crippen molar-refractivity contribution in [2.75, 3.05) is 13.1 Å². The maximum Gasteiger partial charge on any atom is 0.257 e. The molecule has 0 aromatic carbocycles. The van der Waals surface area contributed by atoms with Crippen molar-refractivity contribution in [3.05, 3.63) is 18.0 Å². The molecule has 2 atom stereocenters. The molecule has 1 aliphatic heterocycles. The molecule has 1 saturated heterocycles. The highest BCUT2D eigenvalue weighted by atomic mass is 35.5. The van der Waals surface area contributed by atoms with Gasteiger partial charge in [0.1, 0.15) is 6.54 Å². The zero-order chi connectivity index (χ0) is 18.5. The number of carbonyl (C=O) groups excluding carboxylic acids is 2. The van der Waals surface area contributed by atoms with Crippen LogP contribution in [0.4, 0.5) is 0 Å². The molecule has 3 N–H and O–H groups in total. The molecule has 1 aliphatic carbocycles. The molecule has 27 heavy (non-hydrogen) atoms. The van der Waals surface area contributed by atoms with Crippen LogP contribution in [0.25, 0.3) is 0 Å². The molecule has 8 heteroatoms. The summed E-state index contributed by atoms with van der Waals surface area (Å²) in [6.45, 7) is 3.62. The summed E-state index contributed by atoms with van der Waals surface area (Å²) in [5, 5.41) is 7.28. The molecule has 3 rings (SSSR count). The highest BCUT2D eigenvalue weighted by Crippen LogP contribution is 2.20. The minimum atomic E-state index is -0.0333. The number of nitrogens with two attached hydrogens (primary N) is 1. The van der Waals surface area contributed by atoms with Gasteiger partial charge >= 0.3 is 0 Å². The SMILES string of the molecule is CC(N)C1CCCN(C(=O)c2cnn(CC(=O)NC3CCCCC3)c2)C1.Cl. The molecule has 2 fully saturated rings. The summed E-state index contributed by atoms with van der Waals surface area (Å²) < 4.78 is 1.55. The van der Waals surface area contributed by atoms with Crippen LogP contribution < -0.4 is 11.1 Å². The second-order valence-corrected chi connectivity index (χ2v) is 7.84. The average molecular weight is 398 g/mol. The number of rotatable bonds is 5. The molecule has 1 aromatic rings. The van der Waals surface area contributed by atoms with Crippen LogP contribution >= 0.6 is 12.4 Å². The van der Waals surface area contributed by atoms with Gasteiger partial charge in [-0.05, 0) is 38.5 Å². The summed E-state index contributed by atoms with van der Waals surface area (Å²) in [4.78, 5) is 26.8. The first-order chi connectivity index (χ1) is 12.5. The van der Waals surface area contributed by atoms with Gasteiger partial charge in [0, 0.05) is 31.4 Å². The third kappa shape index (κ3) is 5.94. The smallest absolute Gasteiger partial charge is 0.257 e. The van der Waals surface area contributed by atoms with Crippen molar-refractivity contribution in [3.63, 3.8) is 0 Å². The molecular formula is C19H32ClN5O2. The fourth-order valence-electron chi connectivity index (χ4n) is 4.03. The summed E-state index contributed by atoms with van der Waals surface area (Å²) in [6, 6.07) is 0.383. The summed E-state index contributed by atoms with van der Waals surface area (Å²) in [7, 11) is 0. The predicted molar refractivity (Wildman–Crippen MR) is 107 cm³/mol. The summed E-state index contributed by atoms with van der Waals surface area (Å²) in [5.41, 5.74) is 6.55. The molecule has 0 spiro atoms. The standard InChI is InChI=1S/C19H31N5O2.ClH/c1-14(20)15-6-5-9-23(11-15)19(26)16-10-21-24(12-16)13-18(25)22-17-7-3-2-4-8-17;/h10,12,14-15,17H,2-9,11,13,20H2,1H3,(H,22,25);1H. The molecule has 152 valence electrons. The molecule has 2 unspecified atom stereocenters. The van der Waals surface area contributed by atoms with Crippen LogP contribution in [0.15, 0.2) is 12.4 Å². The van der Waals surface area contributed by atoms with Crippen molar-refractivity contribution in [1.82, 2.24) is 20.0 Å². The monoisotopic (exact) mass is 397 g/mol. The maximum absolute atomic E-state index is 12.7. The Bertz CT molecular complexity index is 627. The van der Waals surface area contributed by atoms with Crippen molar-refractivity contribution < 1.29 is 9.59 Å². The van der Waals surface area contributed by atoms with E-state index in [1.54, 1.807) is 17.1 Å². The van der Waals surface area contributed by atoms with Crippen LogP contribution in [-0.4, -0.2) is 51.7 Å². The molecule has 2 heterocycles. The number of hydrogen-bond acceptors (Lipinski definition) is 4. The lowest BCUT2D eigenvalue weighted by Gasteiger charge is -2.34. The lowest BCUT2D eigenvalue weighted by molar-refractivity contribution is -0.122. The fraction of sp³-hybridized carbons (Fsp3) is 0.737. The third-order valence-corrected chi connectivity index (χ3v) is 5.64. The number of hydrogen-bond donors (Lipinski definition) is 2. The second kappa shape index (κ2) is 10.1. The van der Waals surface area contributed by atoms with E-state index < -0.39 is 0 Å². The lowest BCUT2D eigenvalue weighted by atomic mass is 9.92.